The van der Waals surface area contributed by atoms with E-state index in [9.17, 15) is 4.79 Å². The SMILES string of the molecule is Cc1ccc(N)nc1C#CCCNC(=O)OCc1ccccc1. The summed E-state index contributed by atoms with van der Waals surface area (Å²) in [5, 5.41) is 2.66. The summed E-state index contributed by atoms with van der Waals surface area (Å²) in [6, 6.07) is 13.1. The van der Waals surface area contributed by atoms with Crippen molar-refractivity contribution in [3.63, 3.8) is 0 Å². The second-order valence-electron chi connectivity index (χ2n) is 4.94. The molecule has 23 heavy (non-hydrogen) atoms. The van der Waals surface area contributed by atoms with Crippen LogP contribution in [0.2, 0.25) is 0 Å². The van der Waals surface area contributed by atoms with E-state index in [1.807, 2.05) is 43.3 Å². The highest BCUT2D eigenvalue weighted by molar-refractivity contribution is 5.67. The fourth-order valence-electron chi connectivity index (χ4n) is 1.82. The van der Waals surface area contributed by atoms with Gasteiger partial charge in [0.1, 0.15) is 18.1 Å². The number of nitrogens with zero attached hydrogens (tertiary/aromatic N) is 1. The molecule has 0 aliphatic carbocycles. The van der Waals surface area contributed by atoms with E-state index in [4.69, 9.17) is 10.5 Å². The minimum atomic E-state index is -0.450. The molecular weight excluding hydrogens is 290 g/mol. The number of alkyl carbamates (subject to hydrolysis) is 1. The zero-order valence-corrected chi connectivity index (χ0v) is 13.0. The van der Waals surface area contributed by atoms with Gasteiger partial charge in [-0.3, -0.25) is 0 Å². The van der Waals surface area contributed by atoms with E-state index in [0.717, 1.165) is 11.1 Å². The molecule has 5 nitrogen and oxygen atoms in total. The first kappa shape index (κ1) is 16.4. The van der Waals surface area contributed by atoms with E-state index >= 15 is 0 Å². The fraction of sp³-hybridized carbons (Fsp3) is 0.222. The highest BCUT2D eigenvalue weighted by atomic mass is 16.5. The van der Waals surface area contributed by atoms with Gasteiger partial charge >= 0.3 is 6.09 Å². The van der Waals surface area contributed by atoms with Crippen molar-refractivity contribution >= 4 is 11.9 Å². The maximum atomic E-state index is 11.5. The molecule has 0 aliphatic heterocycles. The summed E-state index contributed by atoms with van der Waals surface area (Å²) in [5.41, 5.74) is 8.21. The van der Waals surface area contributed by atoms with E-state index in [-0.39, 0.29) is 6.61 Å². The van der Waals surface area contributed by atoms with Crippen LogP contribution in [0.5, 0.6) is 0 Å². The molecule has 0 spiro atoms. The summed E-state index contributed by atoms with van der Waals surface area (Å²) < 4.78 is 5.10. The van der Waals surface area contributed by atoms with E-state index < -0.39 is 6.09 Å². The highest BCUT2D eigenvalue weighted by Crippen LogP contribution is 2.06. The third-order valence-corrected chi connectivity index (χ3v) is 3.06. The van der Waals surface area contributed by atoms with Crippen molar-refractivity contribution in [3.05, 3.63) is 59.3 Å². The molecule has 0 atom stereocenters. The number of hydrogen-bond donors (Lipinski definition) is 2. The van der Waals surface area contributed by atoms with E-state index in [0.29, 0.717) is 24.5 Å². The Morgan fingerprint density at radius 3 is 2.83 bits per heavy atom. The van der Waals surface area contributed by atoms with Crippen LogP contribution in [0.1, 0.15) is 23.2 Å². The topological polar surface area (TPSA) is 77.2 Å². The summed E-state index contributed by atoms with van der Waals surface area (Å²) in [7, 11) is 0. The Morgan fingerprint density at radius 1 is 1.26 bits per heavy atom. The van der Waals surface area contributed by atoms with Crippen molar-refractivity contribution in [2.75, 3.05) is 12.3 Å². The Hall–Kier alpha value is -3.00. The summed E-state index contributed by atoms with van der Waals surface area (Å²) in [6.07, 6.45) is 0.0602. The number of nitrogens with one attached hydrogen (secondary N) is 1. The van der Waals surface area contributed by atoms with Gasteiger partial charge in [-0.2, -0.15) is 0 Å². The molecule has 1 amide bonds. The monoisotopic (exact) mass is 309 g/mol. The average Bonchev–Trinajstić information content (AvgIpc) is 2.56. The molecule has 5 heteroatoms. The second kappa shape index (κ2) is 8.44. The average molecular weight is 309 g/mol. The molecule has 1 aromatic carbocycles. The number of amides is 1. The van der Waals surface area contributed by atoms with Gasteiger partial charge in [0.25, 0.3) is 0 Å². The summed E-state index contributed by atoms with van der Waals surface area (Å²) in [4.78, 5) is 15.7. The highest BCUT2D eigenvalue weighted by Gasteiger charge is 2.01. The third kappa shape index (κ3) is 5.71. The van der Waals surface area contributed by atoms with Crippen LogP contribution in [0.4, 0.5) is 10.6 Å². The van der Waals surface area contributed by atoms with Crippen molar-refractivity contribution < 1.29 is 9.53 Å². The van der Waals surface area contributed by atoms with E-state index in [1.165, 1.54) is 0 Å². The van der Waals surface area contributed by atoms with Gasteiger partial charge in [0, 0.05) is 13.0 Å². The van der Waals surface area contributed by atoms with Crippen molar-refractivity contribution in [2.24, 2.45) is 0 Å². The summed E-state index contributed by atoms with van der Waals surface area (Å²) in [5.74, 6) is 6.36. The molecule has 1 heterocycles. The van der Waals surface area contributed by atoms with Crippen molar-refractivity contribution in [1.82, 2.24) is 10.3 Å². The lowest BCUT2D eigenvalue weighted by molar-refractivity contribution is 0.140. The van der Waals surface area contributed by atoms with Gasteiger partial charge in [-0.15, -0.1) is 0 Å². The van der Waals surface area contributed by atoms with Gasteiger partial charge in [-0.1, -0.05) is 42.3 Å². The summed E-state index contributed by atoms with van der Waals surface area (Å²) >= 11 is 0. The quantitative estimate of drug-likeness (QED) is 0.672. The predicted molar refractivity (Wildman–Crippen MR) is 89.5 cm³/mol. The van der Waals surface area contributed by atoms with Gasteiger partial charge in [-0.25, -0.2) is 9.78 Å². The number of nitrogens with two attached hydrogens (primary N) is 1. The van der Waals surface area contributed by atoms with Crippen LogP contribution in [0, 0.1) is 18.8 Å². The molecule has 0 saturated carbocycles. The predicted octanol–water partition coefficient (Wildman–Crippen LogP) is 2.64. The number of hydrogen-bond acceptors (Lipinski definition) is 4. The maximum Gasteiger partial charge on any atom is 0.407 e. The second-order valence-corrected chi connectivity index (χ2v) is 4.94. The molecule has 118 valence electrons. The lowest BCUT2D eigenvalue weighted by Gasteiger charge is -2.05. The van der Waals surface area contributed by atoms with Crippen LogP contribution < -0.4 is 11.1 Å². The molecule has 2 rings (SSSR count). The Morgan fingerprint density at radius 2 is 2.04 bits per heavy atom. The van der Waals surface area contributed by atoms with Crippen LogP contribution in [0.15, 0.2) is 42.5 Å². The van der Waals surface area contributed by atoms with Crippen LogP contribution in [-0.2, 0) is 11.3 Å². The maximum absolute atomic E-state index is 11.5. The third-order valence-electron chi connectivity index (χ3n) is 3.06. The number of ether oxygens (including phenoxy) is 1. The molecule has 0 radical (unpaired) electrons. The fourth-order valence-corrected chi connectivity index (χ4v) is 1.82. The first-order valence-corrected chi connectivity index (χ1v) is 7.31. The van der Waals surface area contributed by atoms with Gasteiger partial charge in [0.05, 0.1) is 0 Å². The van der Waals surface area contributed by atoms with Gasteiger partial charge in [0.15, 0.2) is 0 Å². The Labute approximate surface area is 135 Å². The minimum Gasteiger partial charge on any atom is -0.445 e. The molecule has 0 unspecified atom stereocenters. The molecule has 2 aromatic rings. The molecule has 0 saturated heterocycles. The van der Waals surface area contributed by atoms with Crippen LogP contribution in [0.3, 0.4) is 0 Å². The van der Waals surface area contributed by atoms with Gasteiger partial charge in [0.2, 0.25) is 0 Å². The number of benzene rings is 1. The number of aryl methyl sites for hydroxylation is 1. The molecule has 0 bridgehead atoms. The Bertz CT molecular complexity index is 718. The lowest BCUT2D eigenvalue weighted by Crippen LogP contribution is -2.24. The van der Waals surface area contributed by atoms with Gasteiger partial charge in [-0.05, 0) is 30.0 Å². The first-order chi connectivity index (χ1) is 11.1. The van der Waals surface area contributed by atoms with Crippen molar-refractivity contribution in [2.45, 2.75) is 20.0 Å². The van der Waals surface area contributed by atoms with Crippen LogP contribution in [-0.4, -0.2) is 17.6 Å². The zero-order chi connectivity index (χ0) is 16.5. The normalized spacial score (nSPS) is 9.61. The molecular formula is C18H19N3O2. The number of carbonyl (C=O) groups is 1. The summed E-state index contributed by atoms with van der Waals surface area (Å²) in [6.45, 7) is 2.60. The lowest BCUT2D eigenvalue weighted by atomic mass is 10.2. The molecule has 3 N–H and O–H groups in total. The standard InChI is InChI=1S/C18H19N3O2/c1-14-10-11-17(19)21-16(14)9-5-6-12-20-18(22)23-13-15-7-3-2-4-8-15/h2-4,7-8,10-11H,6,12-13H2,1H3,(H2,19,21)(H,20,22). The van der Waals surface area contributed by atoms with Crippen molar-refractivity contribution in [1.29, 1.82) is 0 Å². The number of carbonyl (C=O) groups excluding carboxylic acids is 1. The minimum absolute atomic E-state index is 0.255. The zero-order valence-electron chi connectivity index (χ0n) is 13.0. The molecule has 1 aromatic heterocycles. The smallest absolute Gasteiger partial charge is 0.407 e. The number of rotatable bonds is 4. The number of aromatic nitrogens is 1. The Kier molecular flexibility index (Phi) is 6.01. The van der Waals surface area contributed by atoms with E-state index in [1.54, 1.807) is 6.07 Å². The molecule has 0 aliphatic rings. The number of nitrogen functional groups attached to an aromatic ring is 1. The van der Waals surface area contributed by atoms with Crippen LogP contribution >= 0.6 is 0 Å². The van der Waals surface area contributed by atoms with Gasteiger partial charge < -0.3 is 15.8 Å². The molecule has 0 fully saturated rings. The van der Waals surface area contributed by atoms with Crippen LogP contribution in [0.25, 0.3) is 0 Å². The number of pyridine rings is 1. The van der Waals surface area contributed by atoms with E-state index in [2.05, 4.69) is 22.1 Å². The number of anilines is 1. The first-order valence-electron chi connectivity index (χ1n) is 7.31. The Balaban J connectivity index is 1.70. The largest absolute Gasteiger partial charge is 0.445 e. The van der Waals surface area contributed by atoms with Crippen molar-refractivity contribution in [3.8, 4) is 11.8 Å².